The molecule has 2 atom stereocenters. The highest BCUT2D eigenvalue weighted by Crippen LogP contribution is 2.11. The number of hydrogen-bond donors (Lipinski definition) is 1. The Morgan fingerprint density at radius 2 is 2.47 bits per heavy atom. The van der Waals surface area contributed by atoms with E-state index in [0.717, 1.165) is 38.6 Å². The van der Waals surface area contributed by atoms with E-state index in [2.05, 4.69) is 21.4 Å². The minimum Gasteiger partial charge on any atom is -0.374 e. The van der Waals surface area contributed by atoms with Crippen molar-refractivity contribution in [2.45, 2.75) is 39.1 Å². The van der Waals surface area contributed by atoms with Crippen LogP contribution in [0.3, 0.4) is 0 Å². The maximum Gasteiger partial charge on any atom is 0.122 e. The molecule has 2 rings (SSSR count). The van der Waals surface area contributed by atoms with Crippen LogP contribution in [0.4, 0.5) is 0 Å². The van der Waals surface area contributed by atoms with Gasteiger partial charge < -0.3 is 15.0 Å². The maximum absolute atomic E-state index is 5.89. The van der Waals surface area contributed by atoms with E-state index in [1.165, 1.54) is 0 Å². The molecule has 0 aromatic carbocycles. The summed E-state index contributed by atoms with van der Waals surface area (Å²) in [6, 6.07) is 0.0868. The molecular formula is C12H22N4O. The van der Waals surface area contributed by atoms with Gasteiger partial charge in [-0.3, -0.25) is 4.90 Å². The predicted octanol–water partition coefficient (Wildman–Crippen LogP) is 0.451. The Bertz CT molecular complexity index is 350. The van der Waals surface area contributed by atoms with Gasteiger partial charge in [0.05, 0.1) is 19.3 Å². The second kappa shape index (κ2) is 5.62. The van der Waals surface area contributed by atoms with Crippen molar-refractivity contribution in [2.75, 3.05) is 19.7 Å². The minimum absolute atomic E-state index is 0.0868. The van der Waals surface area contributed by atoms with E-state index in [1.807, 2.05) is 19.3 Å². The molecule has 1 aromatic rings. The van der Waals surface area contributed by atoms with E-state index in [4.69, 9.17) is 10.5 Å². The number of hydrogen-bond acceptors (Lipinski definition) is 4. The lowest BCUT2D eigenvalue weighted by molar-refractivity contribution is -0.0412. The van der Waals surface area contributed by atoms with Crippen LogP contribution in [0.1, 0.15) is 19.7 Å². The maximum atomic E-state index is 5.89. The number of ether oxygens (including phenoxy) is 1. The Morgan fingerprint density at radius 1 is 1.65 bits per heavy atom. The summed E-state index contributed by atoms with van der Waals surface area (Å²) in [7, 11) is 0. The smallest absolute Gasteiger partial charge is 0.122 e. The molecule has 5 nitrogen and oxygen atoms in total. The third-order valence-corrected chi connectivity index (χ3v) is 3.27. The summed E-state index contributed by atoms with van der Waals surface area (Å²) in [4.78, 5) is 6.77. The SMILES string of the molecule is CCn1ccnc1CN1CCOC(C(C)N)C1. The monoisotopic (exact) mass is 238 g/mol. The zero-order valence-corrected chi connectivity index (χ0v) is 10.7. The molecule has 1 saturated heterocycles. The highest BCUT2D eigenvalue weighted by molar-refractivity contribution is 4.93. The molecule has 1 fully saturated rings. The van der Waals surface area contributed by atoms with E-state index < -0.39 is 0 Å². The average Bonchev–Trinajstić information content (AvgIpc) is 2.76. The molecule has 0 spiro atoms. The third kappa shape index (κ3) is 3.06. The van der Waals surface area contributed by atoms with Gasteiger partial charge in [0, 0.05) is 38.1 Å². The number of imidazole rings is 1. The molecule has 5 heteroatoms. The van der Waals surface area contributed by atoms with E-state index in [1.54, 1.807) is 0 Å². The van der Waals surface area contributed by atoms with Crippen molar-refractivity contribution in [1.82, 2.24) is 14.5 Å². The van der Waals surface area contributed by atoms with Crippen LogP contribution < -0.4 is 5.73 Å². The Kier molecular flexibility index (Phi) is 4.15. The highest BCUT2D eigenvalue weighted by Gasteiger charge is 2.24. The third-order valence-electron chi connectivity index (χ3n) is 3.27. The van der Waals surface area contributed by atoms with E-state index in [9.17, 15) is 0 Å². The van der Waals surface area contributed by atoms with Gasteiger partial charge >= 0.3 is 0 Å². The molecule has 1 aliphatic heterocycles. The summed E-state index contributed by atoms with van der Waals surface area (Å²) < 4.78 is 7.83. The first kappa shape index (κ1) is 12.5. The molecule has 1 aliphatic rings. The topological polar surface area (TPSA) is 56.3 Å². The summed E-state index contributed by atoms with van der Waals surface area (Å²) in [6.45, 7) is 8.60. The molecule has 17 heavy (non-hydrogen) atoms. The zero-order valence-electron chi connectivity index (χ0n) is 10.7. The fourth-order valence-corrected chi connectivity index (χ4v) is 2.17. The molecule has 2 unspecified atom stereocenters. The second-order valence-electron chi connectivity index (χ2n) is 4.63. The van der Waals surface area contributed by atoms with Crippen LogP contribution in [0, 0.1) is 0 Å². The van der Waals surface area contributed by atoms with Gasteiger partial charge in [0.15, 0.2) is 0 Å². The second-order valence-corrected chi connectivity index (χ2v) is 4.63. The van der Waals surface area contributed by atoms with Crippen molar-refractivity contribution < 1.29 is 4.74 Å². The van der Waals surface area contributed by atoms with E-state index in [-0.39, 0.29) is 12.1 Å². The first-order chi connectivity index (χ1) is 8.20. The van der Waals surface area contributed by atoms with Crippen molar-refractivity contribution in [3.63, 3.8) is 0 Å². The molecule has 0 bridgehead atoms. The number of aryl methyl sites for hydroxylation is 1. The normalized spacial score (nSPS) is 23.8. The van der Waals surface area contributed by atoms with Gasteiger partial charge in [-0.05, 0) is 13.8 Å². The zero-order chi connectivity index (χ0) is 12.3. The largest absolute Gasteiger partial charge is 0.374 e. The van der Waals surface area contributed by atoms with Crippen LogP contribution in [-0.2, 0) is 17.8 Å². The number of rotatable bonds is 4. The molecule has 0 saturated carbocycles. The van der Waals surface area contributed by atoms with Crippen molar-refractivity contribution >= 4 is 0 Å². The van der Waals surface area contributed by atoms with Gasteiger partial charge in [0.1, 0.15) is 5.82 Å². The van der Waals surface area contributed by atoms with E-state index >= 15 is 0 Å². The molecule has 2 heterocycles. The molecule has 2 N–H and O–H groups in total. The van der Waals surface area contributed by atoms with Crippen LogP contribution in [0.5, 0.6) is 0 Å². The Labute approximate surface area is 103 Å². The van der Waals surface area contributed by atoms with E-state index in [0.29, 0.717) is 0 Å². The first-order valence-corrected chi connectivity index (χ1v) is 6.30. The van der Waals surface area contributed by atoms with Crippen molar-refractivity contribution in [3.05, 3.63) is 18.2 Å². The van der Waals surface area contributed by atoms with Crippen LogP contribution in [0.25, 0.3) is 0 Å². The molecule has 1 aromatic heterocycles. The van der Waals surface area contributed by atoms with Gasteiger partial charge in [0.2, 0.25) is 0 Å². The number of nitrogens with zero attached hydrogens (tertiary/aromatic N) is 3. The molecule has 0 aliphatic carbocycles. The summed E-state index contributed by atoms with van der Waals surface area (Å²) in [6.07, 6.45) is 4.04. The molecule has 0 amide bonds. The van der Waals surface area contributed by atoms with Gasteiger partial charge in [-0.2, -0.15) is 0 Å². The van der Waals surface area contributed by atoms with Crippen LogP contribution in [0.2, 0.25) is 0 Å². The van der Waals surface area contributed by atoms with Gasteiger partial charge in [-0.1, -0.05) is 0 Å². The Balaban J connectivity index is 1.94. The Hall–Kier alpha value is -0.910. The van der Waals surface area contributed by atoms with Crippen molar-refractivity contribution in [2.24, 2.45) is 5.73 Å². The number of morpholine rings is 1. The number of nitrogens with two attached hydrogens (primary N) is 1. The van der Waals surface area contributed by atoms with Crippen molar-refractivity contribution in [3.8, 4) is 0 Å². The predicted molar refractivity (Wildman–Crippen MR) is 66.6 cm³/mol. The molecular weight excluding hydrogens is 216 g/mol. The Morgan fingerprint density at radius 3 is 3.18 bits per heavy atom. The minimum atomic E-state index is 0.0868. The summed E-state index contributed by atoms with van der Waals surface area (Å²) >= 11 is 0. The lowest BCUT2D eigenvalue weighted by Gasteiger charge is -2.34. The van der Waals surface area contributed by atoms with Gasteiger partial charge in [-0.15, -0.1) is 0 Å². The average molecular weight is 238 g/mol. The summed E-state index contributed by atoms with van der Waals surface area (Å²) in [5, 5.41) is 0. The lowest BCUT2D eigenvalue weighted by atomic mass is 10.1. The summed E-state index contributed by atoms with van der Waals surface area (Å²) in [5.41, 5.74) is 5.89. The molecule has 96 valence electrons. The van der Waals surface area contributed by atoms with Crippen LogP contribution in [0.15, 0.2) is 12.4 Å². The van der Waals surface area contributed by atoms with Gasteiger partial charge in [-0.25, -0.2) is 4.98 Å². The lowest BCUT2D eigenvalue weighted by Crippen LogP contribution is -2.49. The van der Waals surface area contributed by atoms with Crippen LogP contribution >= 0.6 is 0 Å². The fourth-order valence-electron chi connectivity index (χ4n) is 2.17. The van der Waals surface area contributed by atoms with Crippen LogP contribution in [-0.4, -0.2) is 46.3 Å². The van der Waals surface area contributed by atoms with Crippen molar-refractivity contribution in [1.29, 1.82) is 0 Å². The number of aromatic nitrogens is 2. The summed E-state index contributed by atoms with van der Waals surface area (Å²) in [5.74, 6) is 1.12. The molecule has 0 radical (unpaired) electrons. The van der Waals surface area contributed by atoms with Gasteiger partial charge in [0.25, 0.3) is 0 Å². The first-order valence-electron chi connectivity index (χ1n) is 6.30. The highest BCUT2D eigenvalue weighted by atomic mass is 16.5. The standard InChI is InChI=1S/C12H22N4O/c1-3-16-5-4-14-12(16)9-15-6-7-17-11(8-15)10(2)13/h4-5,10-11H,3,6-9,13H2,1-2H3. The quantitative estimate of drug-likeness (QED) is 0.827. The fraction of sp³-hybridized carbons (Fsp3) is 0.750.